The minimum Gasteiger partial charge on any atom is -0.378 e. The summed E-state index contributed by atoms with van der Waals surface area (Å²) in [5.41, 5.74) is 3.06. The van der Waals surface area contributed by atoms with Gasteiger partial charge in [0, 0.05) is 25.9 Å². The maximum Gasteiger partial charge on any atom is 0.265 e. The highest BCUT2D eigenvalue weighted by atomic mass is 16.5. The van der Waals surface area contributed by atoms with Gasteiger partial charge in [-0.15, -0.1) is 0 Å². The summed E-state index contributed by atoms with van der Waals surface area (Å²) in [5, 5.41) is 0. The Morgan fingerprint density at radius 3 is 1.72 bits per heavy atom. The highest BCUT2D eigenvalue weighted by molar-refractivity contribution is 5.83. The number of carbonyl (C=O) groups is 2. The third kappa shape index (κ3) is 15.6. The molecule has 0 unspecified atom stereocenters. The average Bonchev–Trinajstić information content (AvgIpc) is 2.78. The standard InChI is InChI=1S/C26H51N3O3/c1-4-5-6-7-8-9-10-11-12-13-14-15-16-17-22-29(2,3)27-25(30)18-19-26(31)28-20-23-32-24-21-28/h4-24H2,1-3H3/p+1. The lowest BCUT2D eigenvalue weighted by molar-refractivity contribution is -0.925. The van der Waals surface area contributed by atoms with Crippen LogP contribution in [-0.4, -0.2) is 68.2 Å². The zero-order valence-electron chi connectivity index (χ0n) is 21.5. The number of amides is 2. The number of morpholine rings is 1. The van der Waals surface area contributed by atoms with Crippen molar-refractivity contribution in [2.75, 3.05) is 46.9 Å². The monoisotopic (exact) mass is 454 g/mol. The smallest absolute Gasteiger partial charge is 0.265 e. The second-order valence-corrected chi connectivity index (χ2v) is 10.0. The van der Waals surface area contributed by atoms with Crippen molar-refractivity contribution in [1.29, 1.82) is 0 Å². The highest BCUT2D eigenvalue weighted by Crippen LogP contribution is 2.13. The van der Waals surface area contributed by atoms with Crippen LogP contribution in [0.25, 0.3) is 0 Å². The van der Waals surface area contributed by atoms with Crippen molar-refractivity contribution >= 4 is 11.8 Å². The normalized spacial score (nSPS) is 14.5. The molecule has 0 aromatic carbocycles. The van der Waals surface area contributed by atoms with Crippen molar-refractivity contribution in [1.82, 2.24) is 10.3 Å². The number of quaternary nitrogens is 1. The second kappa shape index (κ2) is 18.3. The Bertz CT molecular complexity index is 491. The lowest BCUT2D eigenvalue weighted by Gasteiger charge is -2.29. The van der Waals surface area contributed by atoms with E-state index < -0.39 is 0 Å². The number of ether oxygens (including phenoxy) is 1. The molecule has 0 aliphatic carbocycles. The number of unbranched alkanes of at least 4 members (excludes halogenated alkanes) is 13. The van der Waals surface area contributed by atoms with Gasteiger partial charge in [-0.3, -0.25) is 9.59 Å². The zero-order valence-corrected chi connectivity index (χ0v) is 21.5. The number of rotatable bonds is 19. The molecule has 6 heteroatoms. The van der Waals surface area contributed by atoms with Crippen LogP contribution in [0.15, 0.2) is 0 Å². The molecule has 188 valence electrons. The van der Waals surface area contributed by atoms with Gasteiger partial charge in [-0.1, -0.05) is 84.0 Å². The third-order valence-corrected chi connectivity index (χ3v) is 6.43. The van der Waals surface area contributed by atoms with E-state index in [-0.39, 0.29) is 24.7 Å². The first-order valence-electron chi connectivity index (χ1n) is 13.4. The summed E-state index contributed by atoms with van der Waals surface area (Å²) in [6, 6.07) is 0. The van der Waals surface area contributed by atoms with E-state index in [9.17, 15) is 9.59 Å². The average molecular weight is 455 g/mol. The fourth-order valence-electron chi connectivity index (χ4n) is 4.34. The molecule has 0 aromatic rings. The third-order valence-electron chi connectivity index (χ3n) is 6.43. The molecular formula is C26H52N3O3+. The summed E-state index contributed by atoms with van der Waals surface area (Å²) in [6.45, 7) is 5.68. The van der Waals surface area contributed by atoms with Gasteiger partial charge in [0.15, 0.2) is 0 Å². The van der Waals surface area contributed by atoms with E-state index in [1.54, 1.807) is 4.90 Å². The van der Waals surface area contributed by atoms with E-state index in [1.807, 2.05) is 14.1 Å². The summed E-state index contributed by atoms with van der Waals surface area (Å²) < 4.78 is 5.76. The number of hydrogen-bond donors (Lipinski definition) is 1. The first-order chi connectivity index (χ1) is 15.4. The second-order valence-electron chi connectivity index (χ2n) is 10.0. The number of nitrogens with zero attached hydrogens (tertiary/aromatic N) is 2. The van der Waals surface area contributed by atoms with Crippen LogP contribution >= 0.6 is 0 Å². The molecule has 0 saturated carbocycles. The van der Waals surface area contributed by atoms with E-state index in [0.29, 0.717) is 30.9 Å². The minimum absolute atomic E-state index is 0.0398. The molecule has 1 aliphatic heterocycles. The molecule has 1 rings (SSSR count). The minimum atomic E-state index is -0.0398. The number of carbonyl (C=O) groups excluding carboxylic acids is 2. The Morgan fingerprint density at radius 2 is 1.22 bits per heavy atom. The van der Waals surface area contributed by atoms with Crippen molar-refractivity contribution in [3.05, 3.63) is 0 Å². The van der Waals surface area contributed by atoms with Gasteiger partial charge in [0.1, 0.15) is 6.54 Å². The lowest BCUT2D eigenvalue weighted by atomic mass is 10.0. The van der Waals surface area contributed by atoms with E-state index in [1.165, 1.54) is 83.5 Å². The van der Waals surface area contributed by atoms with Gasteiger partial charge in [-0.2, -0.15) is 0 Å². The largest absolute Gasteiger partial charge is 0.378 e. The van der Waals surface area contributed by atoms with Crippen LogP contribution in [0.3, 0.4) is 0 Å². The summed E-state index contributed by atoms with van der Waals surface area (Å²) in [5.74, 6) is 0.0164. The van der Waals surface area contributed by atoms with E-state index in [0.717, 1.165) is 13.0 Å². The van der Waals surface area contributed by atoms with Gasteiger partial charge in [0.2, 0.25) is 5.91 Å². The fraction of sp³-hybridized carbons (Fsp3) is 0.923. The Morgan fingerprint density at radius 1 is 0.750 bits per heavy atom. The quantitative estimate of drug-likeness (QED) is 0.165. The van der Waals surface area contributed by atoms with Crippen molar-refractivity contribution in [3.8, 4) is 0 Å². The molecule has 0 aromatic heterocycles. The molecule has 1 saturated heterocycles. The van der Waals surface area contributed by atoms with Crippen LogP contribution in [0.2, 0.25) is 0 Å². The van der Waals surface area contributed by atoms with E-state index >= 15 is 0 Å². The molecule has 1 heterocycles. The molecule has 1 fully saturated rings. The molecule has 1 N–H and O–H groups in total. The number of nitrogens with one attached hydrogen (secondary N) is 1. The van der Waals surface area contributed by atoms with E-state index in [4.69, 9.17) is 4.74 Å². The van der Waals surface area contributed by atoms with Crippen molar-refractivity contribution < 1.29 is 18.9 Å². The van der Waals surface area contributed by atoms with Gasteiger partial charge in [0.25, 0.3) is 5.91 Å². The van der Waals surface area contributed by atoms with Crippen LogP contribution in [0, 0.1) is 0 Å². The molecule has 0 bridgehead atoms. The van der Waals surface area contributed by atoms with Gasteiger partial charge in [0.05, 0.1) is 27.3 Å². The molecule has 1 aliphatic rings. The van der Waals surface area contributed by atoms with Crippen LogP contribution in [0.5, 0.6) is 0 Å². The molecule has 6 nitrogen and oxygen atoms in total. The highest BCUT2D eigenvalue weighted by Gasteiger charge is 2.21. The predicted molar refractivity (Wildman–Crippen MR) is 132 cm³/mol. The first-order valence-corrected chi connectivity index (χ1v) is 13.4. The Hall–Kier alpha value is -1.14. The van der Waals surface area contributed by atoms with E-state index in [2.05, 4.69) is 12.3 Å². The predicted octanol–water partition coefficient (Wildman–Crippen LogP) is 5.21. The van der Waals surface area contributed by atoms with Crippen LogP contribution in [0.4, 0.5) is 0 Å². The van der Waals surface area contributed by atoms with Crippen molar-refractivity contribution in [2.45, 2.75) is 110 Å². The van der Waals surface area contributed by atoms with Crippen LogP contribution in [-0.2, 0) is 14.3 Å². The lowest BCUT2D eigenvalue weighted by Crippen LogP contribution is -2.55. The summed E-state index contributed by atoms with van der Waals surface area (Å²) in [6.07, 6.45) is 19.5. The summed E-state index contributed by atoms with van der Waals surface area (Å²) in [7, 11) is 4.06. The molecule has 0 radical (unpaired) electrons. The molecular weight excluding hydrogens is 402 g/mol. The maximum absolute atomic E-state index is 12.3. The van der Waals surface area contributed by atoms with Gasteiger partial charge in [-0.25, -0.2) is 10.0 Å². The summed E-state index contributed by atoms with van der Waals surface area (Å²) in [4.78, 5) is 26.2. The summed E-state index contributed by atoms with van der Waals surface area (Å²) >= 11 is 0. The van der Waals surface area contributed by atoms with Crippen molar-refractivity contribution in [3.63, 3.8) is 0 Å². The first kappa shape index (κ1) is 28.9. The molecule has 2 amide bonds. The van der Waals surface area contributed by atoms with Gasteiger partial charge >= 0.3 is 0 Å². The maximum atomic E-state index is 12.3. The zero-order chi connectivity index (χ0) is 23.5. The SMILES string of the molecule is CCCCCCCCCCCCCCCC[N+](C)(C)NC(=O)CCC(=O)N1CCOCC1. The number of hydrogen-bond acceptors (Lipinski definition) is 3. The molecule has 0 atom stereocenters. The van der Waals surface area contributed by atoms with Gasteiger partial charge in [-0.05, 0) is 12.8 Å². The van der Waals surface area contributed by atoms with Crippen LogP contribution < -0.4 is 5.43 Å². The van der Waals surface area contributed by atoms with Crippen molar-refractivity contribution in [2.24, 2.45) is 0 Å². The Balaban J connectivity index is 1.94. The van der Waals surface area contributed by atoms with Gasteiger partial charge < -0.3 is 9.64 Å². The topological polar surface area (TPSA) is 58.6 Å². The fourth-order valence-corrected chi connectivity index (χ4v) is 4.34. The molecule has 32 heavy (non-hydrogen) atoms. The Kier molecular flexibility index (Phi) is 16.5. The Labute approximate surface area is 198 Å². The van der Waals surface area contributed by atoms with Crippen LogP contribution in [0.1, 0.15) is 110 Å². The molecule has 0 spiro atoms.